The predicted molar refractivity (Wildman–Crippen MR) is 193 cm³/mol. The van der Waals surface area contributed by atoms with Gasteiger partial charge in [-0.3, -0.25) is 19.3 Å². The van der Waals surface area contributed by atoms with Crippen LogP contribution in [0.2, 0.25) is 5.02 Å². The van der Waals surface area contributed by atoms with Gasteiger partial charge < -0.3 is 25.0 Å². The number of nitrogens with two attached hydrogens (primary N) is 1. The third kappa shape index (κ3) is 6.99. The molecule has 1 spiro atoms. The van der Waals surface area contributed by atoms with Gasteiger partial charge in [0.15, 0.2) is 11.5 Å². The van der Waals surface area contributed by atoms with Crippen molar-refractivity contribution in [2.24, 2.45) is 0 Å². The standard InChI is InChI=1S/C30H33ClF4N8O3.C7H12FN/c1-40-8-3-7-29(40)14-42(15-29)27(44)25-23(31)20-12-41(9-4-10-43(20)39-25)26-16-13-46-21(11-19(16)37-28(38-26)45-2)22-17(30(33,34)35)5-6-18(36)24(22)32;8-6-4-7-2-1-3-9(7)5-6/h5-6,21H,3-4,7-15,36H2,1-2H3;6-7H,1-5H2. The molecule has 0 bridgehead atoms. The van der Waals surface area contributed by atoms with Gasteiger partial charge in [0.05, 0.1) is 59.6 Å². The van der Waals surface area contributed by atoms with Crippen LogP contribution in [0.5, 0.6) is 6.01 Å². The Bertz CT molecular complexity index is 1950. The van der Waals surface area contributed by atoms with Gasteiger partial charge in [-0.15, -0.1) is 0 Å². The summed E-state index contributed by atoms with van der Waals surface area (Å²) >= 11 is 6.85. The van der Waals surface area contributed by atoms with Gasteiger partial charge >= 0.3 is 12.2 Å². The van der Waals surface area contributed by atoms with Crippen LogP contribution in [0, 0.1) is 5.82 Å². The first-order chi connectivity index (χ1) is 26.3. The quantitative estimate of drug-likeness (QED) is 0.272. The number of rotatable bonds is 4. The number of likely N-dealkylation sites (N-methyl/N-ethyl adjacent to an activating group) is 1. The van der Waals surface area contributed by atoms with Crippen LogP contribution in [0.1, 0.15) is 83.2 Å². The van der Waals surface area contributed by atoms with Gasteiger partial charge in [-0.2, -0.15) is 28.2 Å². The molecule has 55 heavy (non-hydrogen) atoms. The summed E-state index contributed by atoms with van der Waals surface area (Å²) in [5.41, 5.74) is 5.25. The molecular weight excluding hydrogens is 749 g/mol. The van der Waals surface area contributed by atoms with Crippen LogP contribution in [0.4, 0.5) is 33.5 Å². The van der Waals surface area contributed by atoms with Gasteiger partial charge in [0.2, 0.25) is 0 Å². The van der Waals surface area contributed by atoms with Crippen molar-refractivity contribution in [3.8, 4) is 6.01 Å². The number of aromatic nitrogens is 4. The fraction of sp³-hybridized carbons (Fsp3) is 0.622. The molecule has 298 valence electrons. The first-order valence-electron chi connectivity index (χ1n) is 18.9. The molecule has 6 aliphatic rings. The summed E-state index contributed by atoms with van der Waals surface area (Å²) in [7, 11) is 3.48. The van der Waals surface area contributed by atoms with Crippen molar-refractivity contribution in [2.75, 3.05) is 64.1 Å². The Morgan fingerprint density at radius 2 is 1.91 bits per heavy atom. The number of carbonyl (C=O) groups excluding carboxylic acids is 1. The number of methoxy groups -OCH3 is 1. The van der Waals surface area contributed by atoms with Crippen LogP contribution in [0.25, 0.3) is 0 Å². The van der Waals surface area contributed by atoms with Gasteiger partial charge in [-0.05, 0) is 70.8 Å². The van der Waals surface area contributed by atoms with E-state index >= 15 is 4.39 Å². The number of alkyl halides is 4. The minimum Gasteiger partial charge on any atom is -0.467 e. The lowest BCUT2D eigenvalue weighted by molar-refractivity contribution is -0.140. The van der Waals surface area contributed by atoms with Crippen molar-refractivity contribution in [1.29, 1.82) is 0 Å². The minimum absolute atomic E-state index is 0.00167. The molecule has 0 aliphatic carbocycles. The molecule has 9 rings (SSSR count). The van der Waals surface area contributed by atoms with Crippen molar-refractivity contribution >= 4 is 29.0 Å². The zero-order valence-electron chi connectivity index (χ0n) is 30.8. The minimum atomic E-state index is -4.82. The van der Waals surface area contributed by atoms with Crippen LogP contribution in [-0.4, -0.2) is 112 Å². The van der Waals surface area contributed by atoms with Crippen molar-refractivity contribution in [2.45, 2.75) is 94.7 Å². The Kier molecular flexibility index (Phi) is 10.1. The van der Waals surface area contributed by atoms with Crippen molar-refractivity contribution in [3.05, 3.63) is 56.7 Å². The number of benzene rings is 1. The third-order valence-electron chi connectivity index (χ3n) is 12.2. The lowest BCUT2D eigenvalue weighted by atomic mass is 9.87. The SMILES string of the molecule is COc1nc2c(c(N3CCCn4nc(C(=O)N5CC6(CCCN6C)C5)c(Cl)c4C3)n1)COC(c1c(C(F)(F)F)ccc(N)c1F)C2.FC1CC2CCCN2C1. The Labute approximate surface area is 320 Å². The molecule has 3 unspecified atom stereocenters. The van der Waals surface area contributed by atoms with Crippen LogP contribution in [-0.2, 0) is 37.0 Å². The second-order valence-corrected chi connectivity index (χ2v) is 15.9. The molecule has 1 aromatic carbocycles. The van der Waals surface area contributed by atoms with E-state index in [-0.39, 0.29) is 47.7 Å². The number of hydrogen-bond acceptors (Lipinski definition) is 10. The lowest BCUT2D eigenvalue weighted by Gasteiger charge is -2.51. The average Bonchev–Trinajstić information content (AvgIpc) is 3.87. The molecule has 4 saturated heterocycles. The first kappa shape index (κ1) is 38.1. The summed E-state index contributed by atoms with van der Waals surface area (Å²) in [5.74, 6) is -0.915. The normalized spacial score (nSPS) is 24.8. The monoisotopic (exact) mass is 793 g/mol. The number of amides is 1. The molecule has 0 saturated carbocycles. The van der Waals surface area contributed by atoms with Crippen molar-refractivity contribution in [1.82, 2.24) is 34.4 Å². The number of nitrogens with zero attached hydrogens (tertiary/aromatic N) is 8. The van der Waals surface area contributed by atoms with Crippen LogP contribution < -0.4 is 15.4 Å². The topological polar surface area (TPSA) is 118 Å². The van der Waals surface area contributed by atoms with E-state index < -0.39 is 41.1 Å². The summed E-state index contributed by atoms with van der Waals surface area (Å²) in [6.45, 7) is 5.29. The molecule has 2 aromatic heterocycles. The van der Waals surface area contributed by atoms with Crippen LogP contribution in [0.3, 0.4) is 0 Å². The molecule has 2 N–H and O–H groups in total. The molecule has 3 aromatic rings. The van der Waals surface area contributed by atoms with E-state index in [2.05, 4.69) is 31.9 Å². The Hall–Kier alpha value is -3.80. The molecule has 3 atom stereocenters. The number of hydrogen-bond donors (Lipinski definition) is 1. The summed E-state index contributed by atoms with van der Waals surface area (Å²) in [4.78, 5) is 30.8. The number of ether oxygens (including phenoxy) is 2. The highest BCUT2D eigenvalue weighted by Gasteiger charge is 2.51. The fourth-order valence-corrected chi connectivity index (χ4v) is 9.47. The third-order valence-corrected chi connectivity index (χ3v) is 12.6. The zero-order chi connectivity index (χ0) is 38.8. The number of fused-ring (bicyclic) bond motifs is 3. The number of anilines is 2. The maximum atomic E-state index is 15.1. The molecule has 1 amide bonds. The van der Waals surface area contributed by atoms with Crippen molar-refractivity contribution in [3.63, 3.8) is 0 Å². The molecule has 4 fully saturated rings. The number of likely N-dealkylation sites (tertiary alicyclic amines) is 2. The molecule has 0 radical (unpaired) electrons. The van der Waals surface area contributed by atoms with Gasteiger partial charge in [-0.25, -0.2) is 8.78 Å². The summed E-state index contributed by atoms with van der Waals surface area (Å²) in [6.07, 6.45) is -0.646. The average molecular weight is 794 g/mol. The van der Waals surface area contributed by atoms with E-state index in [4.69, 9.17) is 26.8 Å². The second-order valence-electron chi connectivity index (χ2n) is 15.5. The maximum Gasteiger partial charge on any atom is 0.416 e. The summed E-state index contributed by atoms with van der Waals surface area (Å²) in [5, 5.41) is 4.90. The van der Waals surface area contributed by atoms with Gasteiger partial charge in [0.1, 0.15) is 12.0 Å². The zero-order valence-corrected chi connectivity index (χ0v) is 31.6. The second kappa shape index (κ2) is 14.6. The maximum absolute atomic E-state index is 15.1. The fourth-order valence-electron chi connectivity index (χ4n) is 9.20. The van der Waals surface area contributed by atoms with Crippen LogP contribution in [0.15, 0.2) is 12.1 Å². The Morgan fingerprint density at radius 3 is 2.62 bits per heavy atom. The van der Waals surface area contributed by atoms with Gasteiger partial charge in [0.25, 0.3) is 5.91 Å². The highest BCUT2D eigenvalue weighted by Crippen LogP contribution is 2.44. The largest absolute Gasteiger partial charge is 0.467 e. The number of halogens is 6. The van der Waals surface area contributed by atoms with E-state index in [0.29, 0.717) is 68.0 Å². The van der Waals surface area contributed by atoms with E-state index in [9.17, 15) is 22.4 Å². The summed E-state index contributed by atoms with van der Waals surface area (Å²) < 4.78 is 82.3. The summed E-state index contributed by atoms with van der Waals surface area (Å²) in [6, 6.07) is 2.26. The highest BCUT2D eigenvalue weighted by atomic mass is 35.5. The molecule has 6 aliphatic heterocycles. The number of nitrogen functional groups attached to an aromatic ring is 1. The molecular formula is C37H45ClF5N9O3. The smallest absolute Gasteiger partial charge is 0.416 e. The van der Waals surface area contributed by atoms with E-state index in [1.54, 1.807) is 9.58 Å². The highest BCUT2D eigenvalue weighted by molar-refractivity contribution is 6.34. The molecule has 12 nitrogen and oxygen atoms in total. The van der Waals surface area contributed by atoms with Crippen molar-refractivity contribution < 1.29 is 36.2 Å². The number of carbonyl (C=O) groups is 1. The molecule has 8 heterocycles. The Balaban J connectivity index is 0.000000413. The van der Waals surface area contributed by atoms with Gasteiger partial charge in [-0.1, -0.05) is 11.6 Å². The van der Waals surface area contributed by atoms with E-state index in [1.165, 1.54) is 20.0 Å². The first-order valence-corrected chi connectivity index (χ1v) is 19.2. The molecule has 18 heteroatoms. The van der Waals surface area contributed by atoms with E-state index in [1.807, 2.05) is 4.90 Å². The van der Waals surface area contributed by atoms with E-state index in [0.717, 1.165) is 44.5 Å². The lowest BCUT2D eigenvalue weighted by Crippen LogP contribution is -2.68. The number of aryl methyl sites for hydroxylation is 1. The van der Waals surface area contributed by atoms with Crippen LogP contribution >= 0.6 is 11.6 Å². The predicted octanol–water partition coefficient (Wildman–Crippen LogP) is 5.41. The Morgan fingerprint density at radius 1 is 1.11 bits per heavy atom. The van der Waals surface area contributed by atoms with Gasteiger partial charge in [0, 0.05) is 56.3 Å².